The highest BCUT2D eigenvalue weighted by atomic mass is 35.5. The molecule has 0 saturated carbocycles. The van der Waals surface area contributed by atoms with Crippen LogP contribution < -0.4 is 4.90 Å². The summed E-state index contributed by atoms with van der Waals surface area (Å²) in [4.78, 5) is 2.04. The molecule has 0 bridgehead atoms. The molecule has 3 aromatic rings. The van der Waals surface area contributed by atoms with E-state index in [9.17, 15) is 0 Å². The fraction of sp³-hybridized carbons (Fsp3) is 0.125. The highest BCUT2D eigenvalue weighted by Gasteiger charge is 2.22. The number of nitrogens with zero attached hydrogens (tertiary/aromatic N) is 1. The van der Waals surface area contributed by atoms with Gasteiger partial charge in [0.2, 0.25) is 0 Å². The lowest BCUT2D eigenvalue weighted by Gasteiger charge is -2.28. The summed E-state index contributed by atoms with van der Waals surface area (Å²) in [5, 5.41) is 2.29. The van der Waals surface area contributed by atoms with Gasteiger partial charge in [0.1, 0.15) is 11.1 Å². The van der Waals surface area contributed by atoms with Gasteiger partial charge in [0, 0.05) is 23.4 Å². The minimum absolute atomic E-state index is 0.133. The normalized spacial score (nSPS) is 18.2. The number of likely N-dealkylation sites (N-methyl/N-ethyl adjacent to an activating group) is 1. The monoisotopic (exact) mass is 269 g/mol. The van der Waals surface area contributed by atoms with Crippen molar-refractivity contribution in [2.45, 2.75) is 5.50 Å². The fourth-order valence-electron chi connectivity index (χ4n) is 2.72. The summed E-state index contributed by atoms with van der Waals surface area (Å²) in [6.45, 7) is 0. The van der Waals surface area contributed by atoms with E-state index in [0.717, 1.165) is 33.2 Å². The predicted molar refractivity (Wildman–Crippen MR) is 80.8 cm³/mol. The second-order valence-electron chi connectivity index (χ2n) is 4.82. The Hall–Kier alpha value is -1.93. The molecule has 3 heteroatoms. The van der Waals surface area contributed by atoms with E-state index in [-0.39, 0.29) is 5.50 Å². The number of benzene rings is 2. The molecule has 94 valence electrons. The lowest BCUT2D eigenvalue weighted by atomic mass is 10.0. The smallest absolute Gasteiger partial charge is 0.159 e. The second-order valence-corrected chi connectivity index (χ2v) is 5.27. The standard InChI is InChI=1S/C16H12ClNO/c1-18-14(17)9-7-10-6-8-12-11-4-2-3-5-13(11)19-16(12)15(10)18/h2-9,14H,1H3. The largest absolute Gasteiger partial charge is 0.454 e. The first-order valence-corrected chi connectivity index (χ1v) is 6.69. The first-order valence-electron chi connectivity index (χ1n) is 6.25. The molecule has 1 aliphatic heterocycles. The molecule has 0 radical (unpaired) electrons. The van der Waals surface area contributed by atoms with Gasteiger partial charge < -0.3 is 9.32 Å². The van der Waals surface area contributed by atoms with Crippen LogP contribution in [0.25, 0.3) is 28.0 Å². The Kier molecular flexibility index (Phi) is 2.18. The third-order valence-corrected chi connectivity index (χ3v) is 4.15. The lowest BCUT2D eigenvalue weighted by Crippen LogP contribution is -2.27. The third-order valence-electron chi connectivity index (χ3n) is 3.71. The average Bonchev–Trinajstić information content (AvgIpc) is 2.81. The molecule has 0 spiro atoms. The molecule has 19 heavy (non-hydrogen) atoms. The summed E-state index contributed by atoms with van der Waals surface area (Å²) in [5.41, 5.74) is 3.91. The Morgan fingerprint density at radius 2 is 1.95 bits per heavy atom. The van der Waals surface area contributed by atoms with Gasteiger partial charge in [0.15, 0.2) is 5.58 Å². The number of anilines is 1. The van der Waals surface area contributed by atoms with Crippen LogP contribution in [0.4, 0.5) is 5.69 Å². The lowest BCUT2D eigenvalue weighted by molar-refractivity contribution is 0.666. The molecule has 2 aromatic carbocycles. The van der Waals surface area contributed by atoms with Crippen molar-refractivity contribution in [1.82, 2.24) is 0 Å². The first kappa shape index (κ1) is 10.9. The van der Waals surface area contributed by atoms with Crippen LogP contribution in [0.15, 0.2) is 46.9 Å². The van der Waals surface area contributed by atoms with Crippen LogP contribution in [0.2, 0.25) is 0 Å². The van der Waals surface area contributed by atoms with Gasteiger partial charge in [0.05, 0.1) is 5.69 Å². The van der Waals surface area contributed by atoms with E-state index in [0.29, 0.717) is 0 Å². The average molecular weight is 270 g/mol. The van der Waals surface area contributed by atoms with Crippen LogP contribution in [0.5, 0.6) is 0 Å². The van der Waals surface area contributed by atoms with Crippen LogP contribution in [-0.4, -0.2) is 12.5 Å². The first-order chi connectivity index (χ1) is 9.25. The van der Waals surface area contributed by atoms with Crippen molar-refractivity contribution in [2.24, 2.45) is 0 Å². The van der Waals surface area contributed by atoms with E-state index >= 15 is 0 Å². The predicted octanol–water partition coefficient (Wildman–Crippen LogP) is 4.61. The van der Waals surface area contributed by atoms with Crippen LogP contribution >= 0.6 is 11.6 Å². The number of hydrogen-bond acceptors (Lipinski definition) is 2. The number of rotatable bonds is 0. The third kappa shape index (κ3) is 1.44. The molecule has 0 aliphatic carbocycles. The summed E-state index contributed by atoms with van der Waals surface area (Å²) in [7, 11) is 1.99. The number of alkyl halides is 1. The maximum Gasteiger partial charge on any atom is 0.159 e. The van der Waals surface area contributed by atoms with E-state index in [4.69, 9.17) is 16.0 Å². The van der Waals surface area contributed by atoms with E-state index in [1.165, 1.54) is 0 Å². The Balaban J connectivity index is 2.16. The van der Waals surface area contributed by atoms with Crippen molar-refractivity contribution in [3.8, 4) is 0 Å². The Morgan fingerprint density at radius 1 is 1.11 bits per heavy atom. The maximum atomic E-state index is 6.29. The molecule has 0 N–H and O–H groups in total. The minimum Gasteiger partial charge on any atom is -0.454 e. The fourth-order valence-corrected chi connectivity index (χ4v) is 2.89. The number of halogens is 1. The number of furan rings is 1. The van der Waals surface area contributed by atoms with E-state index < -0.39 is 0 Å². The summed E-state index contributed by atoms with van der Waals surface area (Å²) in [6.07, 6.45) is 4.04. The van der Waals surface area contributed by atoms with Crippen LogP contribution in [-0.2, 0) is 0 Å². The minimum atomic E-state index is -0.133. The molecular formula is C16H12ClNO. The quantitative estimate of drug-likeness (QED) is 0.438. The maximum absolute atomic E-state index is 6.29. The highest BCUT2D eigenvalue weighted by molar-refractivity contribution is 6.24. The van der Waals surface area contributed by atoms with E-state index in [2.05, 4.69) is 24.3 Å². The zero-order valence-corrected chi connectivity index (χ0v) is 11.2. The van der Waals surface area contributed by atoms with Gasteiger partial charge in [0.25, 0.3) is 0 Å². The molecule has 1 atom stereocenters. The molecule has 1 aromatic heterocycles. The van der Waals surface area contributed by atoms with Crippen molar-refractivity contribution in [3.63, 3.8) is 0 Å². The highest BCUT2D eigenvalue weighted by Crippen LogP contribution is 2.40. The molecule has 0 amide bonds. The number of hydrogen-bond donors (Lipinski definition) is 0. The molecular weight excluding hydrogens is 258 g/mol. The van der Waals surface area contributed by atoms with E-state index in [1.54, 1.807) is 0 Å². The molecule has 0 saturated heterocycles. The summed E-state index contributed by atoms with van der Waals surface area (Å²) < 4.78 is 6.04. The van der Waals surface area contributed by atoms with Gasteiger partial charge in [-0.25, -0.2) is 0 Å². The van der Waals surface area contributed by atoms with E-state index in [1.807, 2.05) is 36.2 Å². The van der Waals surface area contributed by atoms with Gasteiger partial charge in [-0.15, -0.1) is 0 Å². The van der Waals surface area contributed by atoms with Crippen molar-refractivity contribution in [3.05, 3.63) is 48.0 Å². The Morgan fingerprint density at radius 3 is 2.84 bits per heavy atom. The molecule has 1 unspecified atom stereocenters. The Labute approximate surface area is 115 Å². The van der Waals surface area contributed by atoms with Crippen molar-refractivity contribution in [2.75, 3.05) is 11.9 Å². The zero-order valence-electron chi connectivity index (χ0n) is 10.4. The van der Waals surface area contributed by atoms with Crippen molar-refractivity contribution in [1.29, 1.82) is 0 Å². The number of fused-ring (bicyclic) bond motifs is 5. The Bertz CT molecular complexity index is 818. The molecule has 0 fully saturated rings. The van der Waals surface area contributed by atoms with Crippen LogP contribution in [0.3, 0.4) is 0 Å². The molecule has 1 aliphatic rings. The van der Waals surface area contributed by atoms with Gasteiger partial charge in [-0.2, -0.15) is 0 Å². The van der Waals surface area contributed by atoms with Gasteiger partial charge >= 0.3 is 0 Å². The molecule has 4 rings (SSSR count). The molecule has 2 heterocycles. The van der Waals surface area contributed by atoms with Crippen molar-refractivity contribution < 1.29 is 4.42 Å². The van der Waals surface area contributed by atoms with Gasteiger partial charge in [-0.1, -0.05) is 41.9 Å². The summed E-state index contributed by atoms with van der Waals surface area (Å²) in [5.74, 6) is 0. The van der Waals surface area contributed by atoms with Gasteiger partial charge in [-0.05, 0) is 18.2 Å². The van der Waals surface area contributed by atoms with Gasteiger partial charge in [-0.3, -0.25) is 0 Å². The summed E-state index contributed by atoms with van der Waals surface area (Å²) in [6, 6.07) is 12.3. The second kappa shape index (κ2) is 3.78. The zero-order chi connectivity index (χ0) is 13.0. The SMILES string of the molecule is CN1c2c(ccc3c2oc2ccccc23)C=CC1Cl. The topological polar surface area (TPSA) is 16.4 Å². The summed E-state index contributed by atoms with van der Waals surface area (Å²) >= 11 is 6.29. The van der Waals surface area contributed by atoms with Crippen LogP contribution in [0.1, 0.15) is 5.56 Å². The van der Waals surface area contributed by atoms with Crippen LogP contribution in [0, 0.1) is 0 Å². The number of para-hydroxylation sites is 1. The molecule has 2 nitrogen and oxygen atoms in total. The van der Waals surface area contributed by atoms with Crippen molar-refractivity contribution >= 4 is 45.3 Å².